The molecule has 1 N–H and O–H groups in total. The van der Waals surface area contributed by atoms with Crippen molar-refractivity contribution in [3.63, 3.8) is 0 Å². The molecule has 0 radical (unpaired) electrons. The number of hydrogen-bond acceptors (Lipinski definition) is 3. The fraction of sp³-hybridized carbons (Fsp3) is 0.471. The van der Waals surface area contributed by atoms with Crippen molar-refractivity contribution in [2.75, 3.05) is 13.1 Å². The number of aromatic carboxylic acids is 1. The number of benzene rings is 1. The third kappa shape index (κ3) is 4.88. The predicted octanol–water partition coefficient (Wildman–Crippen LogP) is 2.72. The topological polar surface area (TPSA) is 81.4 Å². The lowest BCUT2D eigenvalue weighted by Gasteiger charge is -2.24. The maximum absolute atomic E-state index is 12.4. The first-order chi connectivity index (χ1) is 10.5. The van der Waals surface area contributed by atoms with E-state index in [0.717, 1.165) is 18.4 Å². The molecule has 0 aliphatic heterocycles. The molecule has 0 spiro atoms. The highest BCUT2D eigenvalue weighted by Crippen LogP contribution is 2.13. The second-order valence-electron chi connectivity index (χ2n) is 5.21. The Morgan fingerprint density at radius 2 is 1.73 bits per heavy atom. The third-order valence-electron chi connectivity index (χ3n) is 3.39. The van der Waals surface area contributed by atoms with Gasteiger partial charge in [-0.2, -0.15) is 5.26 Å². The van der Waals surface area contributed by atoms with Crippen LogP contribution in [0, 0.1) is 17.2 Å². The van der Waals surface area contributed by atoms with Crippen molar-refractivity contribution in [1.82, 2.24) is 4.90 Å². The first-order valence-corrected chi connectivity index (χ1v) is 7.54. The number of nitrogens with zero attached hydrogens (tertiary/aromatic N) is 2. The number of amides is 1. The Labute approximate surface area is 131 Å². The van der Waals surface area contributed by atoms with Gasteiger partial charge in [-0.1, -0.05) is 26.0 Å². The van der Waals surface area contributed by atoms with Gasteiger partial charge in [-0.15, -0.1) is 0 Å². The van der Waals surface area contributed by atoms with Crippen LogP contribution in [-0.4, -0.2) is 35.0 Å². The van der Waals surface area contributed by atoms with Crippen molar-refractivity contribution in [1.29, 1.82) is 5.26 Å². The maximum Gasteiger partial charge on any atom is 0.335 e. The lowest BCUT2D eigenvalue weighted by Crippen LogP contribution is -2.37. The molecule has 1 amide bonds. The highest BCUT2D eigenvalue weighted by Gasteiger charge is 2.23. The molecule has 5 nitrogen and oxygen atoms in total. The van der Waals surface area contributed by atoms with Gasteiger partial charge < -0.3 is 10.0 Å². The standard InChI is InChI=1S/C17H22N2O3/c1-3-9-19(10-4-2)16(20)15(12-18)11-13-5-7-14(8-6-13)17(21)22/h5-8,15H,3-4,9-11H2,1-2H3,(H,21,22). The zero-order valence-corrected chi connectivity index (χ0v) is 13.1. The largest absolute Gasteiger partial charge is 0.478 e. The maximum atomic E-state index is 12.4. The first-order valence-electron chi connectivity index (χ1n) is 7.54. The van der Waals surface area contributed by atoms with Crippen molar-refractivity contribution in [2.45, 2.75) is 33.1 Å². The van der Waals surface area contributed by atoms with Crippen LogP contribution in [0.2, 0.25) is 0 Å². The van der Waals surface area contributed by atoms with E-state index in [4.69, 9.17) is 5.11 Å². The summed E-state index contributed by atoms with van der Waals surface area (Å²) in [5.41, 5.74) is 0.986. The molecule has 5 heteroatoms. The van der Waals surface area contributed by atoms with E-state index in [0.29, 0.717) is 19.5 Å². The zero-order valence-electron chi connectivity index (χ0n) is 13.1. The number of carbonyl (C=O) groups excluding carboxylic acids is 1. The normalized spacial score (nSPS) is 11.5. The average Bonchev–Trinajstić information content (AvgIpc) is 2.52. The molecule has 0 heterocycles. The average molecular weight is 302 g/mol. The molecule has 1 unspecified atom stereocenters. The smallest absolute Gasteiger partial charge is 0.335 e. The van der Waals surface area contributed by atoms with E-state index in [9.17, 15) is 14.9 Å². The van der Waals surface area contributed by atoms with Gasteiger partial charge in [0.2, 0.25) is 5.91 Å². The minimum Gasteiger partial charge on any atom is -0.478 e. The molecule has 1 aromatic carbocycles. The van der Waals surface area contributed by atoms with Crippen LogP contribution in [0.1, 0.15) is 42.6 Å². The summed E-state index contributed by atoms with van der Waals surface area (Å²) >= 11 is 0. The Morgan fingerprint density at radius 1 is 1.18 bits per heavy atom. The Hall–Kier alpha value is -2.35. The van der Waals surface area contributed by atoms with Crippen LogP contribution in [0.3, 0.4) is 0 Å². The van der Waals surface area contributed by atoms with Gasteiger partial charge in [0, 0.05) is 13.1 Å². The van der Waals surface area contributed by atoms with Crippen LogP contribution in [0.25, 0.3) is 0 Å². The lowest BCUT2D eigenvalue weighted by molar-refractivity contribution is -0.133. The summed E-state index contributed by atoms with van der Waals surface area (Å²) in [6.07, 6.45) is 2.02. The summed E-state index contributed by atoms with van der Waals surface area (Å²) in [7, 11) is 0. The fourth-order valence-corrected chi connectivity index (χ4v) is 2.30. The first kappa shape index (κ1) is 17.7. The highest BCUT2D eigenvalue weighted by molar-refractivity contribution is 5.87. The summed E-state index contributed by atoms with van der Waals surface area (Å²) in [6, 6.07) is 8.38. The van der Waals surface area contributed by atoms with Gasteiger partial charge in [-0.25, -0.2) is 4.79 Å². The van der Waals surface area contributed by atoms with Crippen LogP contribution in [-0.2, 0) is 11.2 Å². The molecule has 22 heavy (non-hydrogen) atoms. The van der Waals surface area contributed by atoms with Gasteiger partial charge in [0.15, 0.2) is 0 Å². The number of carbonyl (C=O) groups is 2. The van der Waals surface area contributed by atoms with Crippen LogP contribution < -0.4 is 0 Å². The van der Waals surface area contributed by atoms with E-state index in [1.807, 2.05) is 13.8 Å². The van der Waals surface area contributed by atoms with Crippen molar-refractivity contribution < 1.29 is 14.7 Å². The van der Waals surface area contributed by atoms with E-state index < -0.39 is 11.9 Å². The monoisotopic (exact) mass is 302 g/mol. The number of nitriles is 1. The van der Waals surface area contributed by atoms with E-state index in [2.05, 4.69) is 6.07 Å². The predicted molar refractivity (Wildman–Crippen MR) is 83.4 cm³/mol. The van der Waals surface area contributed by atoms with Gasteiger partial charge in [-0.05, 0) is 37.0 Å². The minimum absolute atomic E-state index is 0.145. The Morgan fingerprint density at radius 3 is 2.14 bits per heavy atom. The van der Waals surface area contributed by atoms with E-state index >= 15 is 0 Å². The molecule has 1 aromatic rings. The Bertz CT molecular complexity index is 540. The molecule has 0 aliphatic rings. The van der Waals surface area contributed by atoms with Gasteiger partial charge >= 0.3 is 5.97 Å². The molecular weight excluding hydrogens is 280 g/mol. The van der Waals surface area contributed by atoms with Crippen LogP contribution in [0.5, 0.6) is 0 Å². The van der Waals surface area contributed by atoms with Gasteiger partial charge in [-0.3, -0.25) is 4.79 Å². The van der Waals surface area contributed by atoms with Crippen LogP contribution in [0.4, 0.5) is 0 Å². The molecule has 1 atom stereocenters. The second kappa shape index (κ2) is 8.83. The molecule has 0 fully saturated rings. The molecule has 1 rings (SSSR count). The highest BCUT2D eigenvalue weighted by atomic mass is 16.4. The second-order valence-corrected chi connectivity index (χ2v) is 5.21. The van der Waals surface area contributed by atoms with Gasteiger partial charge in [0.1, 0.15) is 5.92 Å². The number of carboxylic acid groups (broad SMARTS) is 1. The minimum atomic E-state index is -0.989. The van der Waals surface area contributed by atoms with E-state index in [-0.39, 0.29) is 11.5 Å². The molecule has 0 bridgehead atoms. The summed E-state index contributed by atoms with van der Waals surface area (Å²) < 4.78 is 0. The fourth-order valence-electron chi connectivity index (χ4n) is 2.30. The Kier molecular flexibility index (Phi) is 7.11. The SMILES string of the molecule is CCCN(CCC)C(=O)C(C#N)Cc1ccc(C(=O)O)cc1. The zero-order chi connectivity index (χ0) is 16.5. The van der Waals surface area contributed by atoms with Crippen molar-refractivity contribution in [2.24, 2.45) is 5.92 Å². The van der Waals surface area contributed by atoms with E-state index in [1.54, 1.807) is 17.0 Å². The summed E-state index contributed by atoms with van der Waals surface area (Å²) in [5, 5.41) is 18.2. The lowest BCUT2D eigenvalue weighted by atomic mass is 9.98. The van der Waals surface area contributed by atoms with Crippen molar-refractivity contribution in [3.05, 3.63) is 35.4 Å². The third-order valence-corrected chi connectivity index (χ3v) is 3.39. The van der Waals surface area contributed by atoms with Gasteiger partial charge in [0.05, 0.1) is 11.6 Å². The number of carboxylic acids is 1. The quantitative estimate of drug-likeness (QED) is 0.800. The molecule has 0 aliphatic carbocycles. The Balaban J connectivity index is 2.80. The molecular formula is C17H22N2O3. The molecule has 0 saturated heterocycles. The summed E-state index contributed by atoms with van der Waals surface area (Å²) in [6.45, 7) is 5.31. The number of rotatable bonds is 8. The van der Waals surface area contributed by atoms with Crippen LogP contribution >= 0.6 is 0 Å². The van der Waals surface area contributed by atoms with Crippen molar-refractivity contribution in [3.8, 4) is 6.07 Å². The van der Waals surface area contributed by atoms with Gasteiger partial charge in [0.25, 0.3) is 0 Å². The molecule has 0 aromatic heterocycles. The van der Waals surface area contributed by atoms with E-state index in [1.165, 1.54) is 12.1 Å². The summed E-state index contributed by atoms with van der Waals surface area (Å²) in [4.78, 5) is 25.0. The van der Waals surface area contributed by atoms with Crippen LogP contribution in [0.15, 0.2) is 24.3 Å². The number of hydrogen-bond donors (Lipinski definition) is 1. The van der Waals surface area contributed by atoms with Crippen molar-refractivity contribution >= 4 is 11.9 Å². The summed E-state index contributed by atoms with van der Waals surface area (Å²) in [5.74, 6) is -1.86. The molecule has 118 valence electrons. The molecule has 0 saturated carbocycles.